The maximum atomic E-state index is 13.7. The van der Waals surface area contributed by atoms with Crippen LogP contribution in [0.25, 0.3) is 0 Å². The Morgan fingerprint density at radius 3 is 2.74 bits per heavy atom. The molecule has 0 spiro atoms. The van der Waals surface area contributed by atoms with E-state index in [1.165, 1.54) is 12.3 Å². The van der Waals surface area contributed by atoms with E-state index in [1.807, 2.05) is 18.2 Å². The number of carbonyl (C=O) groups excluding carboxylic acids is 1. The van der Waals surface area contributed by atoms with Gasteiger partial charge in [-0.2, -0.15) is 0 Å². The summed E-state index contributed by atoms with van der Waals surface area (Å²) in [6.07, 6.45) is 2.12. The standard InChI is InChI=1S/C19H15ClF2N4O/c20-13-3-1-2-12(10-13)6-8-23-19-24-9-7-17(26-19)18(27)25-16-5-4-14(21)11-15(16)22/h1-5,7,9-11H,6,8H2,(H,25,27)(H,23,24,26). The maximum Gasteiger partial charge on any atom is 0.274 e. The molecule has 1 aromatic heterocycles. The third-order valence-corrected chi connectivity index (χ3v) is 3.89. The summed E-state index contributed by atoms with van der Waals surface area (Å²) >= 11 is 5.95. The first-order chi connectivity index (χ1) is 13.0. The van der Waals surface area contributed by atoms with Gasteiger partial charge >= 0.3 is 0 Å². The van der Waals surface area contributed by atoms with E-state index in [-0.39, 0.29) is 17.3 Å². The molecule has 3 rings (SSSR count). The topological polar surface area (TPSA) is 66.9 Å². The summed E-state index contributed by atoms with van der Waals surface area (Å²) in [6, 6.07) is 11.8. The summed E-state index contributed by atoms with van der Waals surface area (Å²) in [5, 5.41) is 6.04. The van der Waals surface area contributed by atoms with Crippen LogP contribution in [-0.2, 0) is 6.42 Å². The van der Waals surface area contributed by atoms with Crippen LogP contribution in [0.2, 0.25) is 5.02 Å². The van der Waals surface area contributed by atoms with Crippen molar-refractivity contribution in [2.75, 3.05) is 17.2 Å². The lowest BCUT2D eigenvalue weighted by Gasteiger charge is -2.08. The predicted molar refractivity (Wildman–Crippen MR) is 100.0 cm³/mol. The lowest BCUT2D eigenvalue weighted by atomic mass is 10.1. The third-order valence-electron chi connectivity index (χ3n) is 3.65. The Kier molecular flexibility index (Phi) is 5.93. The highest BCUT2D eigenvalue weighted by Crippen LogP contribution is 2.16. The van der Waals surface area contributed by atoms with E-state index in [4.69, 9.17) is 11.6 Å². The minimum atomic E-state index is -0.864. The molecule has 5 nitrogen and oxygen atoms in total. The van der Waals surface area contributed by atoms with E-state index >= 15 is 0 Å². The van der Waals surface area contributed by atoms with Crippen molar-refractivity contribution in [3.63, 3.8) is 0 Å². The Balaban J connectivity index is 1.61. The molecule has 2 aromatic carbocycles. The predicted octanol–water partition coefficient (Wildman–Crippen LogP) is 4.32. The molecule has 3 aromatic rings. The van der Waals surface area contributed by atoms with Gasteiger partial charge in [0.05, 0.1) is 5.69 Å². The van der Waals surface area contributed by atoms with Crippen LogP contribution in [0.4, 0.5) is 20.4 Å². The van der Waals surface area contributed by atoms with E-state index in [0.29, 0.717) is 24.1 Å². The Morgan fingerprint density at radius 1 is 1.11 bits per heavy atom. The van der Waals surface area contributed by atoms with Crippen molar-refractivity contribution in [2.24, 2.45) is 0 Å². The first-order valence-corrected chi connectivity index (χ1v) is 8.47. The summed E-state index contributed by atoms with van der Waals surface area (Å²) < 4.78 is 26.6. The number of hydrogen-bond acceptors (Lipinski definition) is 4. The molecule has 1 heterocycles. The first kappa shape index (κ1) is 18.7. The van der Waals surface area contributed by atoms with Gasteiger partial charge in [0.2, 0.25) is 5.95 Å². The number of amides is 1. The zero-order valence-electron chi connectivity index (χ0n) is 14.0. The third kappa shape index (κ3) is 5.21. The molecule has 0 unspecified atom stereocenters. The van der Waals surface area contributed by atoms with Gasteiger partial charge in [0, 0.05) is 23.8 Å². The van der Waals surface area contributed by atoms with E-state index in [2.05, 4.69) is 20.6 Å². The Labute approximate surface area is 159 Å². The molecule has 27 heavy (non-hydrogen) atoms. The summed E-state index contributed by atoms with van der Waals surface area (Å²) in [5.41, 5.74) is 0.977. The number of rotatable bonds is 6. The van der Waals surface area contributed by atoms with E-state index in [0.717, 1.165) is 17.7 Å². The Bertz CT molecular complexity index is 968. The van der Waals surface area contributed by atoms with Gasteiger partial charge in [-0.15, -0.1) is 0 Å². The van der Waals surface area contributed by atoms with Crippen LogP contribution in [0.5, 0.6) is 0 Å². The fourth-order valence-electron chi connectivity index (χ4n) is 2.36. The fourth-order valence-corrected chi connectivity index (χ4v) is 2.57. The van der Waals surface area contributed by atoms with E-state index in [9.17, 15) is 13.6 Å². The minimum absolute atomic E-state index is 0.0546. The second-order valence-corrected chi connectivity index (χ2v) is 6.09. The monoisotopic (exact) mass is 388 g/mol. The second kappa shape index (κ2) is 8.55. The van der Waals surface area contributed by atoms with Gasteiger partial charge < -0.3 is 10.6 Å². The SMILES string of the molecule is O=C(Nc1ccc(F)cc1F)c1ccnc(NCCc2cccc(Cl)c2)n1. The molecule has 0 saturated carbocycles. The normalized spacial score (nSPS) is 10.5. The number of halogens is 3. The number of nitrogens with zero attached hydrogens (tertiary/aromatic N) is 2. The van der Waals surface area contributed by atoms with Gasteiger partial charge in [-0.25, -0.2) is 18.7 Å². The van der Waals surface area contributed by atoms with Crippen LogP contribution >= 0.6 is 11.6 Å². The summed E-state index contributed by atoms with van der Waals surface area (Å²) in [4.78, 5) is 20.4. The quantitative estimate of drug-likeness (QED) is 0.660. The van der Waals surface area contributed by atoms with Crippen molar-refractivity contribution in [3.05, 3.63) is 82.6 Å². The molecule has 0 fully saturated rings. The lowest BCUT2D eigenvalue weighted by Crippen LogP contribution is -2.16. The van der Waals surface area contributed by atoms with Crippen molar-refractivity contribution < 1.29 is 13.6 Å². The molecule has 0 aliphatic carbocycles. The minimum Gasteiger partial charge on any atom is -0.354 e. The molecule has 2 N–H and O–H groups in total. The number of benzene rings is 2. The molecule has 0 radical (unpaired) electrons. The average Bonchev–Trinajstić information content (AvgIpc) is 2.64. The maximum absolute atomic E-state index is 13.7. The highest BCUT2D eigenvalue weighted by Gasteiger charge is 2.12. The molecular formula is C19H15ClF2N4O. The van der Waals surface area contributed by atoms with Gasteiger partial charge in [-0.05, 0) is 42.3 Å². The van der Waals surface area contributed by atoms with Crippen LogP contribution < -0.4 is 10.6 Å². The number of aromatic nitrogens is 2. The van der Waals surface area contributed by atoms with Crippen molar-refractivity contribution >= 4 is 29.1 Å². The van der Waals surface area contributed by atoms with Crippen LogP contribution in [-0.4, -0.2) is 22.4 Å². The highest BCUT2D eigenvalue weighted by atomic mass is 35.5. The smallest absolute Gasteiger partial charge is 0.274 e. The van der Waals surface area contributed by atoms with Crippen molar-refractivity contribution in [1.82, 2.24) is 9.97 Å². The van der Waals surface area contributed by atoms with Crippen molar-refractivity contribution in [1.29, 1.82) is 0 Å². The Hall–Kier alpha value is -3.06. The van der Waals surface area contributed by atoms with Crippen LogP contribution in [0.15, 0.2) is 54.7 Å². The first-order valence-electron chi connectivity index (χ1n) is 8.09. The fraction of sp³-hybridized carbons (Fsp3) is 0.105. The molecule has 0 bridgehead atoms. The Morgan fingerprint density at radius 2 is 1.96 bits per heavy atom. The summed E-state index contributed by atoms with van der Waals surface area (Å²) in [6.45, 7) is 0.540. The molecule has 0 aliphatic rings. The van der Waals surface area contributed by atoms with Crippen LogP contribution in [0, 0.1) is 11.6 Å². The van der Waals surface area contributed by atoms with Crippen molar-refractivity contribution in [3.8, 4) is 0 Å². The molecule has 0 atom stereocenters. The largest absolute Gasteiger partial charge is 0.354 e. The van der Waals surface area contributed by atoms with Crippen LogP contribution in [0.3, 0.4) is 0 Å². The zero-order valence-corrected chi connectivity index (χ0v) is 14.8. The lowest BCUT2D eigenvalue weighted by molar-refractivity contribution is 0.102. The van der Waals surface area contributed by atoms with Gasteiger partial charge in [0.25, 0.3) is 5.91 Å². The van der Waals surface area contributed by atoms with E-state index in [1.54, 1.807) is 6.07 Å². The molecule has 0 aliphatic heterocycles. The van der Waals surface area contributed by atoms with E-state index < -0.39 is 17.5 Å². The number of hydrogen-bond donors (Lipinski definition) is 2. The van der Waals surface area contributed by atoms with Gasteiger partial charge in [-0.3, -0.25) is 4.79 Å². The second-order valence-electron chi connectivity index (χ2n) is 5.65. The number of carbonyl (C=O) groups is 1. The summed E-state index contributed by atoms with van der Waals surface area (Å²) in [5.74, 6) is -1.94. The van der Waals surface area contributed by atoms with Gasteiger partial charge in [0.1, 0.15) is 17.3 Å². The van der Waals surface area contributed by atoms with Crippen molar-refractivity contribution in [2.45, 2.75) is 6.42 Å². The molecule has 8 heteroatoms. The number of nitrogens with one attached hydrogen (secondary N) is 2. The highest BCUT2D eigenvalue weighted by molar-refractivity contribution is 6.30. The molecule has 0 saturated heterocycles. The molecule has 138 valence electrons. The molecule has 1 amide bonds. The molecular weight excluding hydrogens is 374 g/mol. The average molecular weight is 389 g/mol. The van der Waals surface area contributed by atoms with Gasteiger partial charge in [-0.1, -0.05) is 23.7 Å². The van der Waals surface area contributed by atoms with Gasteiger partial charge in [0.15, 0.2) is 0 Å². The summed E-state index contributed by atoms with van der Waals surface area (Å²) in [7, 11) is 0. The zero-order chi connectivity index (χ0) is 19.2. The number of anilines is 2. The van der Waals surface area contributed by atoms with Crippen LogP contribution in [0.1, 0.15) is 16.1 Å².